The van der Waals surface area contributed by atoms with Gasteiger partial charge in [0.2, 0.25) is 0 Å². The molecule has 0 saturated carbocycles. The van der Waals surface area contributed by atoms with Gasteiger partial charge in [-0.2, -0.15) is 11.8 Å². The Hall–Kier alpha value is -0.540. The molecule has 0 amide bonds. The van der Waals surface area contributed by atoms with Crippen LogP contribution in [0.15, 0.2) is 24.5 Å². The predicted octanol–water partition coefficient (Wildman–Crippen LogP) is 2.10. The molecule has 1 atom stereocenters. The fraction of sp³-hybridized carbons (Fsp3) is 0.500. The Kier molecular flexibility index (Phi) is 4.86. The zero-order chi connectivity index (χ0) is 9.52. The maximum absolute atomic E-state index is 4.01. The molecule has 1 unspecified atom stereocenters. The highest BCUT2D eigenvalue weighted by Crippen LogP contribution is 2.16. The lowest BCUT2D eigenvalue weighted by Crippen LogP contribution is -2.16. The van der Waals surface area contributed by atoms with Crippen molar-refractivity contribution in [3.63, 3.8) is 0 Å². The highest BCUT2D eigenvalue weighted by Gasteiger charge is 2.06. The molecule has 1 N–H and O–H groups in total. The molecule has 2 nitrogen and oxygen atoms in total. The van der Waals surface area contributed by atoms with E-state index in [2.05, 4.69) is 28.7 Å². The molecular formula is C10H16N2S. The maximum Gasteiger partial charge on any atom is 0.0326 e. The van der Waals surface area contributed by atoms with Gasteiger partial charge in [-0.15, -0.1) is 0 Å². The minimum atomic E-state index is 0.468. The normalized spacial score (nSPS) is 12.8. The van der Waals surface area contributed by atoms with E-state index in [0.717, 1.165) is 0 Å². The second kappa shape index (κ2) is 6.00. The van der Waals surface area contributed by atoms with Crippen LogP contribution in [0.2, 0.25) is 0 Å². The summed E-state index contributed by atoms with van der Waals surface area (Å²) in [5.41, 5.74) is 1.33. The molecule has 72 valence electrons. The third-order valence-corrected chi connectivity index (χ3v) is 2.71. The largest absolute Gasteiger partial charge is 0.313 e. The number of thioether (sulfide) groups is 1. The summed E-state index contributed by atoms with van der Waals surface area (Å²) >= 11 is 1.88. The maximum atomic E-state index is 4.01. The third-order valence-electron chi connectivity index (χ3n) is 2.07. The van der Waals surface area contributed by atoms with Gasteiger partial charge in [-0.25, -0.2) is 0 Å². The second-order valence-corrected chi connectivity index (χ2v) is 3.89. The quantitative estimate of drug-likeness (QED) is 0.780. The topological polar surface area (TPSA) is 24.9 Å². The minimum Gasteiger partial charge on any atom is -0.313 e. The Balaban J connectivity index is 2.56. The molecule has 1 rings (SSSR count). The first kappa shape index (κ1) is 10.5. The van der Waals surface area contributed by atoms with Crippen LogP contribution < -0.4 is 5.32 Å². The molecule has 1 aromatic rings. The lowest BCUT2D eigenvalue weighted by molar-refractivity contribution is 0.581. The summed E-state index contributed by atoms with van der Waals surface area (Å²) in [6, 6.07) is 4.61. The van der Waals surface area contributed by atoms with E-state index in [1.165, 1.54) is 17.7 Å². The number of rotatable bonds is 5. The summed E-state index contributed by atoms with van der Waals surface area (Å²) in [7, 11) is 2.01. The number of hydrogen-bond acceptors (Lipinski definition) is 3. The smallest absolute Gasteiger partial charge is 0.0326 e. The molecule has 0 spiro atoms. The average molecular weight is 196 g/mol. The van der Waals surface area contributed by atoms with E-state index in [4.69, 9.17) is 0 Å². The Bertz CT molecular complexity index is 226. The second-order valence-electron chi connectivity index (χ2n) is 2.90. The fourth-order valence-electron chi connectivity index (χ4n) is 1.31. The molecular weight excluding hydrogens is 180 g/mol. The van der Waals surface area contributed by atoms with E-state index < -0.39 is 0 Å². The van der Waals surface area contributed by atoms with E-state index in [0.29, 0.717) is 6.04 Å². The molecule has 0 fully saturated rings. The van der Waals surface area contributed by atoms with E-state index in [1.54, 1.807) is 0 Å². The first-order valence-corrected chi connectivity index (χ1v) is 5.84. The standard InChI is InChI=1S/C10H16N2S/c1-11-10(5-8-13-2)9-3-6-12-7-4-9/h3-4,6-7,10-11H,5,8H2,1-2H3. The van der Waals surface area contributed by atoms with E-state index in [-0.39, 0.29) is 0 Å². The molecule has 0 bridgehead atoms. The molecule has 1 heterocycles. The summed E-state index contributed by atoms with van der Waals surface area (Å²) in [4.78, 5) is 4.01. The van der Waals surface area contributed by atoms with Crippen LogP contribution in [0, 0.1) is 0 Å². The van der Waals surface area contributed by atoms with Crippen molar-refractivity contribution in [1.29, 1.82) is 0 Å². The summed E-state index contributed by atoms with van der Waals surface area (Å²) in [5, 5.41) is 3.31. The lowest BCUT2D eigenvalue weighted by atomic mass is 10.1. The van der Waals surface area contributed by atoms with Crippen molar-refractivity contribution >= 4 is 11.8 Å². The van der Waals surface area contributed by atoms with Crippen molar-refractivity contribution in [2.24, 2.45) is 0 Å². The first-order chi connectivity index (χ1) is 6.38. The van der Waals surface area contributed by atoms with Crippen LogP contribution in [0.4, 0.5) is 0 Å². The number of hydrogen-bond donors (Lipinski definition) is 1. The zero-order valence-electron chi connectivity index (χ0n) is 8.16. The highest BCUT2D eigenvalue weighted by molar-refractivity contribution is 7.98. The first-order valence-electron chi connectivity index (χ1n) is 4.44. The van der Waals surface area contributed by atoms with Gasteiger partial charge >= 0.3 is 0 Å². The Labute approximate surface area is 84.1 Å². The van der Waals surface area contributed by atoms with Gasteiger partial charge in [0.1, 0.15) is 0 Å². The molecule has 0 aliphatic carbocycles. The van der Waals surface area contributed by atoms with Crippen molar-refractivity contribution in [2.45, 2.75) is 12.5 Å². The van der Waals surface area contributed by atoms with Gasteiger partial charge < -0.3 is 5.32 Å². The fourth-order valence-corrected chi connectivity index (χ4v) is 1.78. The zero-order valence-corrected chi connectivity index (χ0v) is 8.97. The van der Waals surface area contributed by atoms with Crippen molar-refractivity contribution in [1.82, 2.24) is 10.3 Å². The van der Waals surface area contributed by atoms with Gasteiger partial charge in [0, 0.05) is 18.4 Å². The van der Waals surface area contributed by atoms with Crippen LogP contribution in [0.25, 0.3) is 0 Å². The number of nitrogens with one attached hydrogen (secondary N) is 1. The highest BCUT2D eigenvalue weighted by atomic mass is 32.2. The van der Waals surface area contributed by atoms with Gasteiger partial charge in [0.15, 0.2) is 0 Å². The SMILES string of the molecule is CNC(CCSC)c1ccncc1. The summed E-state index contributed by atoms with van der Waals surface area (Å²) in [6.07, 6.45) is 7.00. The summed E-state index contributed by atoms with van der Waals surface area (Å²) in [5.74, 6) is 1.19. The van der Waals surface area contributed by atoms with Gasteiger partial charge in [0.05, 0.1) is 0 Å². The van der Waals surface area contributed by atoms with Crippen molar-refractivity contribution in [2.75, 3.05) is 19.1 Å². The Morgan fingerprint density at radius 1 is 1.46 bits per heavy atom. The van der Waals surface area contributed by atoms with Crippen LogP contribution in [0.1, 0.15) is 18.0 Å². The van der Waals surface area contributed by atoms with Gasteiger partial charge in [0.25, 0.3) is 0 Å². The van der Waals surface area contributed by atoms with Crippen molar-refractivity contribution in [3.8, 4) is 0 Å². The minimum absolute atomic E-state index is 0.468. The van der Waals surface area contributed by atoms with Crippen LogP contribution >= 0.6 is 11.8 Å². The summed E-state index contributed by atoms with van der Waals surface area (Å²) in [6.45, 7) is 0. The van der Waals surface area contributed by atoms with Gasteiger partial charge in [-0.3, -0.25) is 4.98 Å². The lowest BCUT2D eigenvalue weighted by Gasteiger charge is -2.15. The number of pyridine rings is 1. The van der Waals surface area contributed by atoms with Crippen LogP contribution in [-0.2, 0) is 0 Å². The molecule has 13 heavy (non-hydrogen) atoms. The molecule has 0 aromatic carbocycles. The summed E-state index contributed by atoms with van der Waals surface area (Å²) < 4.78 is 0. The molecule has 0 aliphatic rings. The Morgan fingerprint density at radius 3 is 2.69 bits per heavy atom. The van der Waals surface area contributed by atoms with Crippen LogP contribution in [-0.4, -0.2) is 24.0 Å². The Morgan fingerprint density at radius 2 is 2.15 bits per heavy atom. The van der Waals surface area contributed by atoms with Crippen molar-refractivity contribution in [3.05, 3.63) is 30.1 Å². The van der Waals surface area contributed by atoms with Gasteiger partial charge in [-0.05, 0) is 43.2 Å². The van der Waals surface area contributed by atoms with Crippen LogP contribution in [0.3, 0.4) is 0 Å². The average Bonchev–Trinajstić information content (AvgIpc) is 2.21. The molecule has 1 aromatic heterocycles. The van der Waals surface area contributed by atoms with Crippen LogP contribution in [0.5, 0.6) is 0 Å². The molecule has 3 heteroatoms. The molecule has 0 saturated heterocycles. The number of nitrogens with zero attached hydrogens (tertiary/aromatic N) is 1. The predicted molar refractivity (Wildman–Crippen MR) is 59.0 cm³/mol. The van der Waals surface area contributed by atoms with E-state index >= 15 is 0 Å². The number of aromatic nitrogens is 1. The van der Waals surface area contributed by atoms with Crippen molar-refractivity contribution < 1.29 is 0 Å². The van der Waals surface area contributed by atoms with E-state index in [1.807, 2.05) is 31.2 Å². The monoisotopic (exact) mass is 196 g/mol. The molecule has 0 aliphatic heterocycles. The molecule has 0 radical (unpaired) electrons. The third kappa shape index (κ3) is 3.36. The van der Waals surface area contributed by atoms with Gasteiger partial charge in [-0.1, -0.05) is 0 Å². The van der Waals surface area contributed by atoms with E-state index in [9.17, 15) is 0 Å².